The number of likely N-dealkylation sites (tertiary alicyclic amines) is 1. The van der Waals surface area contributed by atoms with E-state index in [4.69, 9.17) is 5.73 Å². The topological polar surface area (TPSA) is 42.1 Å². The predicted molar refractivity (Wildman–Crippen MR) is 68.6 cm³/mol. The first-order valence-corrected chi connectivity index (χ1v) is 7.02. The Bertz CT molecular complexity index is 322. The molecule has 1 fully saturated rings. The molecule has 2 rings (SSSR count). The molecule has 1 unspecified atom stereocenters. The van der Waals surface area contributed by atoms with Gasteiger partial charge in [0, 0.05) is 17.1 Å². The van der Waals surface area contributed by atoms with Crippen molar-refractivity contribution < 1.29 is 0 Å². The summed E-state index contributed by atoms with van der Waals surface area (Å²) in [6.07, 6.45) is 5.12. The van der Waals surface area contributed by atoms with E-state index in [1.807, 2.05) is 0 Å². The zero-order valence-electron chi connectivity index (χ0n) is 9.98. The molecule has 0 spiro atoms. The average Bonchev–Trinajstić information content (AvgIpc) is 2.67. The fourth-order valence-electron chi connectivity index (χ4n) is 2.44. The third kappa shape index (κ3) is 3.03. The number of thiazole rings is 1. The third-order valence-corrected chi connectivity index (χ3v) is 4.21. The molecule has 0 bridgehead atoms. The highest BCUT2D eigenvalue weighted by Crippen LogP contribution is 2.22. The van der Waals surface area contributed by atoms with Crippen LogP contribution in [0, 0.1) is 6.92 Å². The second kappa shape index (κ2) is 5.75. The molecular weight excluding hydrogens is 218 g/mol. The zero-order chi connectivity index (χ0) is 11.4. The van der Waals surface area contributed by atoms with E-state index in [0.29, 0.717) is 6.04 Å². The molecule has 0 aliphatic carbocycles. The van der Waals surface area contributed by atoms with E-state index in [0.717, 1.165) is 25.2 Å². The van der Waals surface area contributed by atoms with Crippen LogP contribution >= 0.6 is 11.3 Å². The Kier molecular flexibility index (Phi) is 4.32. The standard InChI is InChI=1S/C12H21N3S/c1-10-9-16-12(14-10)8-15-7-3-2-4-11(15)5-6-13/h9,11H,2-8,13H2,1H3. The van der Waals surface area contributed by atoms with Gasteiger partial charge in [0.2, 0.25) is 0 Å². The van der Waals surface area contributed by atoms with Gasteiger partial charge in [0.15, 0.2) is 0 Å². The molecule has 1 aliphatic rings. The third-order valence-electron chi connectivity index (χ3n) is 3.25. The molecule has 1 aliphatic heterocycles. The first-order chi connectivity index (χ1) is 7.79. The number of rotatable bonds is 4. The number of aromatic nitrogens is 1. The van der Waals surface area contributed by atoms with Crippen LogP contribution in [-0.4, -0.2) is 29.0 Å². The van der Waals surface area contributed by atoms with Crippen molar-refractivity contribution in [1.29, 1.82) is 0 Å². The molecule has 1 aromatic heterocycles. The smallest absolute Gasteiger partial charge is 0.107 e. The summed E-state index contributed by atoms with van der Waals surface area (Å²) in [6, 6.07) is 0.683. The molecule has 0 aromatic carbocycles. The first kappa shape index (κ1) is 12.0. The van der Waals surface area contributed by atoms with Gasteiger partial charge in [-0.2, -0.15) is 0 Å². The van der Waals surface area contributed by atoms with Gasteiger partial charge in [0.1, 0.15) is 5.01 Å². The summed E-state index contributed by atoms with van der Waals surface area (Å²) in [6.45, 7) is 5.10. The Morgan fingerprint density at radius 3 is 3.12 bits per heavy atom. The molecule has 1 aromatic rings. The van der Waals surface area contributed by atoms with Gasteiger partial charge in [-0.25, -0.2) is 4.98 Å². The Morgan fingerprint density at radius 1 is 1.56 bits per heavy atom. The van der Waals surface area contributed by atoms with Gasteiger partial charge in [0.25, 0.3) is 0 Å². The Labute approximate surface area is 102 Å². The molecule has 90 valence electrons. The summed E-state index contributed by atoms with van der Waals surface area (Å²) >= 11 is 1.78. The van der Waals surface area contributed by atoms with Gasteiger partial charge in [-0.3, -0.25) is 4.90 Å². The summed E-state index contributed by atoms with van der Waals surface area (Å²) in [5.74, 6) is 0. The molecule has 4 heteroatoms. The summed E-state index contributed by atoms with van der Waals surface area (Å²) < 4.78 is 0. The lowest BCUT2D eigenvalue weighted by atomic mass is 9.99. The van der Waals surface area contributed by atoms with Crippen molar-refractivity contribution in [1.82, 2.24) is 9.88 Å². The van der Waals surface area contributed by atoms with Crippen LogP contribution in [0.25, 0.3) is 0 Å². The highest BCUT2D eigenvalue weighted by molar-refractivity contribution is 7.09. The maximum Gasteiger partial charge on any atom is 0.107 e. The van der Waals surface area contributed by atoms with E-state index in [1.54, 1.807) is 11.3 Å². The van der Waals surface area contributed by atoms with Crippen LogP contribution in [0.2, 0.25) is 0 Å². The van der Waals surface area contributed by atoms with E-state index in [2.05, 4.69) is 22.2 Å². The molecule has 1 saturated heterocycles. The molecular formula is C12H21N3S. The Morgan fingerprint density at radius 2 is 2.44 bits per heavy atom. The maximum atomic E-state index is 5.68. The lowest BCUT2D eigenvalue weighted by Gasteiger charge is -2.35. The van der Waals surface area contributed by atoms with Crippen LogP contribution < -0.4 is 5.73 Å². The quantitative estimate of drug-likeness (QED) is 0.875. The van der Waals surface area contributed by atoms with E-state index in [1.165, 1.54) is 30.8 Å². The lowest BCUT2D eigenvalue weighted by Crippen LogP contribution is -2.40. The molecule has 0 radical (unpaired) electrons. The van der Waals surface area contributed by atoms with Crippen molar-refractivity contribution in [2.24, 2.45) is 5.73 Å². The van der Waals surface area contributed by atoms with Crippen molar-refractivity contribution in [2.75, 3.05) is 13.1 Å². The molecule has 1 atom stereocenters. The van der Waals surface area contributed by atoms with Crippen molar-refractivity contribution >= 4 is 11.3 Å². The summed E-state index contributed by atoms with van der Waals surface area (Å²) in [5, 5.41) is 3.39. The summed E-state index contributed by atoms with van der Waals surface area (Å²) in [5.41, 5.74) is 6.83. The molecule has 0 amide bonds. The van der Waals surface area contributed by atoms with E-state index in [9.17, 15) is 0 Å². The highest BCUT2D eigenvalue weighted by Gasteiger charge is 2.22. The first-order valence-electron chi connectivity index (χ1n) is 6.14. The largest absolute Gasteiger partial charge is 0.330 e. The Hall–Kier alpha value is -0.450. The van der Waals surface area contributed by atoms with Gasteiger partial charge in [-0.1, -0.05) is 6.42 Å². The van der Waals surface area contributed by atoms with E-state index >= 15 is 0 Å². The van der Waals surface area contributed by atoms with Crippen molar-refractivity contribution in [2.45, 2.75) is 45.2 Å². The summed E-state index contributed by atoms with van der Waals surface area (Å²) in [7, 11) is 0. The minimum Gasteiger partial charge on any atom is -0.330 e. The minimum absolute atomic E-state index is 0.683. The summed E-state index contributed by atoms with van der Waals surface area (Å²) in [4.78, 5) is 7.11. The monoisotopic (exact) mass is 239 g/mol. The molecule has 0 saturated carbocycles. The number of nitrogens with zero attached hydrogens (tertiary/aromatic N) is 2. The Balaban J connectivity index is 1.95. The van der Waals surface area contributed by atoms with Crippen molar-refractivity contribution in [3.05, 3.63) is 16.1 Å². The number of hydrogen-bond donors (Lipinski definition) is 1. The van der Waals surface area contributed by atoms with Gasteiger partial charge in [-0.05, 0) is 39.3 Å². The average molecular weight is 239 g/mol. The van der Waals surface area contributed by atoms with Crippen LogP contribution in [0.15, 0.2) is 5.38 Å². The van der Waals surface area contributed by atoms with Crippen LogP contribution in [0.3, 0.4) is 0 Å². The van der Waals surface area contributed by atoms with Gasteiger partial charge < -0.3 is 5.73 Å². The maximum absolute atomic E-state index is 5.68. The number of nitrogens with two attached hydrogens (primary N) is 1. The molecule has 2 N–H and O–H groups in total. The van der Waals surface area contributed by atoms with E-state index < -0.39 is 0 Å². The molecule has 2 heterocycles. The van der Waals surface area contributed by atoms with Crippen molar-refractivity contribution in [3.8, 4) is 0 Å². The van der Waals surface area contributed by atoms with Crippen LogP contribution in [0.5, 0.6) is 0 Å². The van der Waals surface area contributed by atoms with Gasteiger partial charge in [0.05, 0.1) is 6.54 Å². The fraction of sp³-hybridized carbons (Fsp3) is 0.750. The fourth-order valence-corrected chi connectivity index (χ4v) is 3.23. The van der Waals surface area contributed by atoms with E-state index in [-0.39, 0.29) is 0 Å². The second-order valence-electron chi connectivity index (χ2n) is 4.58. The number of aryl methyl sites for hydroxylation is 1. The SMILES string of the molecule is Cc1csc(CN2CCCCC2CCN)n1. The van der Waals surface area contributed by atoms with Crippen molar-refractivity contribution in [3.63, 3.8) is 0 Å². The predicted octanol–water partition coefficient (Wildman–Crippen LogP) is 2.15. The number of hydrogen-bond acceptors (Lipinski definition) is 4. The van der Waals surface area contributed by atoms with Crippen LogP contribution in [-0.2, 0) is 6.54 Å². The molecule has 16 heavy (non-hydrogen) atoms. The normalized spacial score (nSPS) is 22.5. The number of piperidine rings is 1. The second-order valence-corrected chi connectivity index (χ2v) is 5.52. The van der Waals surface area contributed by atoms with Crippen LogP contribution in [0.4, 0.5) is 0 Å². The lowest BCUT2D eigenvalue weighted by molar-refractivity contribution is 0.134. The van der Waals surface area contributed by atoms with Crippen LogP contribution in [0.1, 0.15) is 36.4 Å². The zero-order valence-corrected chi connectivity index (χ0v) is 10.8. The highest BCUT2D eigenvalue weighted by atomic mass is 32.1. The van der Waals surface area contributed by atoms with Gasteiger partial charge in [-0.15, -0.1) is 11.3 Å². The van der Waals surface area contributed by atoms with Gasteiger partial charge >= 0.3 is 0 Å². The molecule has 3 nitrogen and oxygen atoms in total. The minimum atomic E-state index is 0.683.